The van der Waals surface area contributed by atoms with Crippen LogP contribution in [0.25, 0.3) is 0 Å². The number of benzene rings is 1. The average molecular weight is 378 g/mol. The van der Waals surface area contributed by atoms with Crippen molar-refractivity contribution in [2.75, 3.05) is 0 Å². The molecule has 1 aromatic rings. The van der Waals surface area contributed by atoms with Crippen LogP contribution in [0.5, 0.6) is 0 Å². The molecule has 2 bridgehead atoms. The summed E-state index contributed by atoms with van der Waals surface area (Å²) in [6, 6.07) is 6.64. The Morgan fingerprint density at radius 3 is 2.61 bits per heavy atom. The van der Waals surface area contributed by atoms with Crippen molar-refractivity contribution in [3.8, 4) is 0 Å². The van der Waals surface area contributed by atoms with E-state index < -0.39 is 0 Å². The predicted octanol–water partition coefficient (Wildman–Crippen LogP) is 4.51. The summed E-state index contributed by atoms with van der Waals surface area (Å²) < 4.78 is 0. The molecule has 1 amide bonds. The Hall–Kier alpha value is -0.480. The van der Waals surface area contributed by atoms with Crippen LogP contribution in [-0.4, -0.2) is 18.0 Å². The van der Waals surface area contributed by atoms with Crippen molar-refractivity contribution in [2.45, 2.75) is 57.2 Å². The van der Waals surface area contributed by atoms with Crippen LogP contribution in [0.2, 0.25) is 10.0 Å². The van der Waals surface area contributed by atoms with Gasteiger partial charge in [0.2, 0.25) is 5.91 Å². The molecular formula is C17H23Cl3N2O. The minimum atomic E-state index is -0.128. The van der Waals surface area contributed by atoms with E-state index in [1.807, 2.05) is 19.1 Å². The minimum absolute atomic E-state index is 0. The molecule has 23 heavy (non-hydrogen) atoms. The van der Waals surface area contributed by atoms with Crippen LogP contribution in [0.1, 0.15) is 50.6 Å². The van der Waals surface area contributed by atoms with Crippen LogP contribution in [0.15, 0.2) is 18.2 Å². The van der Waals surface area contributed by atoms with Gasteiger partial charge in [0.05, 0.1) is 16.1 Å². The number of halogens is 3. The largest absolute Gasteiger partial charge is 0.350 e. The highest BCUT2D eigenvalue weighted by Crippen LogP contribution is 2.33. The molecule has 2 saturated heterocycles. The van der Waals surface area contributed by atoms with Gasteiger partial charge in [0, 0.05) is 18.5 Å². The molecule has 0 aliphatic carbocycles. The lowest BCUT2D eigenvalue weighted by Gasteiger charge is -2.29. The van der Waals surface area contributed by atoms with E-state index in [2.05, 4.69) is 10.6 Å². The van der Waals surface area contributed by atoms with Gasteiger partial charge in [0.1, 0.15) is 0 Å². The molecule has 0 spiro atoms. The van der Waals surface area contributed by atoms with Crippen molar-refractivity contribution >= 4 is 41.5 Å². The summed E-state index contributed by atoms with van der Waals surface area (Å²) in [5.74, 6) is 0.607. The first-order valence-corrected chi connectivity index (χ1v) is 8.78. The van der Waals surface area contributed by atoms with E-state index in [-0.39, 0.29) is 24.4 Å². The molecule has 0 saturated carbocycles. The fraction of sp³-hybridized carbons (Fsp3) is 0.588. The van der Waals surface area contributed by atoms with Gasteiger partial charge in [-0.25, -0.2) is 0 Å². The maximum absolute atomic E-state index is 12.3. The summed E-state index contributed by atoms with van der Waals surface area (Å²) in [6.45, 7) is 1.95. The first-order chi connectivity index (χ1) is 10.5. The third kappa shape index (κ3) is 4.54. The molecule has 3 rings (SSSR count). The van der Waals surface area contributed by atoms with E-state index in [0.717, 1.165) is 18.4 Å². The summed E-state index contributed by atoms with van der Waals surface area (Å²) in [6.07, 6.45) is 5.37. The second kappa shape index (κ2) is 8.06. The molecule has 2 fully saturated rings. The van der Waals surface area contributed by atoms with E-state index in [4.69, 9.17) is 23.2 Å². The lowest BCUT2D eigenvalue weighted by molar-refractivity contribution is -0.122. The third-order valence-corrected chi connectivity index (χ3v) is 5.70. The molecule has 3 atom stereocenters. The quantitative estimate of drug-likeness (QED) is 0.810. The molecule has 2 aliphatic heterocycles. The van der Waals surface area contributed by atoms with E-state index in [9.17, 15) is 4.79 Å². The first kappa shape index (κ1) is 18.9. The van der Waals surface area contributed by atoms with E-state index >= 15 is 0 Å². The van der Waals surface area contributed by atoms with Gasteiger partial charge in [-0.15, -0.1) is 12.4 Å². The monoisotopic (exact) mass is 376 g/mol. The van der Waals surface area contributed by atoms with Crippen molar-refractivity contribution in [1.29, 1.82) is 0 Å². The highest BCUT2D eigenvalue weighted by molar-refractivity contribution is 6.42. The van der Waals surface area contributed by atoms with Gasteiger partial charge in [-0.3, -0.25) is 4.79 Å². The number of amides is 1. The Kier molecular flexibility index (Phi) is 6.61. The van der Waals surface area contributed by atoms with Crippen molar-refractivity contribution < 1.29 is 4.79 Å². The normalized spacial score (nSPS) is 27.2. The maximum atomic E-state index is 12.3. The van der Waals surface area contributed by atoms with Crippen molar-refractivity contribution in [3.63, 3.8) is 0 Å². The van der Waals surface area contributed by atoms with Gasteiger partial charge < -0.3 is 10.6 Å². The van der Waals surface area contributed by atoms with Crippen LogP contribution in [0.3, 0.4) is 0 Å². The van der Waals surface area contributed by atoms with Crippen LogP contribution in [-0.2, 0) is 4.79 Å². The van der Waals surface area contributed by atoms with Crippen molar-refractivity contribution in [1.82, 2.24) is 10.6 Å². The van der Waals surface area contributed by atoms with Crippen LogP contribution >= 0.6 is 35.6 Å². The molecule has 0 aromatic heterocycles. The SMILES string of the molecule is CC(NC(=O)CC1CC2CCC(C1)N2)c1cccc(Cl)c1Cl.Cl. The Balaban J connectivity index is 0.00000192. The fourth-order valence-corrected chi connectivity index (χ4v) is 4.31. The highest BCUT2D eigenvalue weighted by atomic mass is 35.5. The molecule has 2 heterocycles. The Labute approximate surface area is 153 Å². The molecule has 128 valence electrons. The number of nitrogens with one attached hydrogen (secondary N) is 2. The summed E-state index contributed by atoms with van der Waals surface area (Å²) in [7, 11) is 0. The number of piperidine rings is 1. The zero-order valence-electron chi connectivity index (χ0n) is 13.1. The van der Waals surface area contributed by atoms with Crippen LogP contribution in [0.4, 0.5) is 0 Å². The molecule has 6 heteroatoms. The summed E-state index contributed by atoms with van der Waals surface area (Å²) in [5, 5.41) is 7.72. The highest BCUT2D eigenvalue weighted by Gasteiger charge is 2.34. The van der Waals surface area contributed by atoms with Crippen LogP contribution < -0.4 is 10.6 Å². The average Bonchev–Trinajstić information content (AvgIpc) is 2.80. The summed E-state index contributed by atoms with van der Waals surface area (Å²) in [4.78, 5) is 12.3. The lowest BCUT2D eigenvalue weighted by Crippen LogP contribution is -2.40. The number of carbonyl (C=O) groups excluding carboxylic acids is 1. The number of hydrogen-bond acceptors (Lipinski definition) is 2. The van der Waals surface area contributed by atoms with Gasteiger partial charge in [-0.1, -0.05) is 35.3 Å². The van der Waals surface area contributed by atoms with Gasteiger partial charge in [0.25, 0.3) is 0 Å². The smallest absolute Gasteiger partial charge is 0.220 e. The molecule has 0 radical (unpaired) electrons. The van der Waals surface area contributed by atoms with Crippen LogP contribution in [0, 0.1) is 5.92 Å². The second-order valence-corrected chi connectivity index (χ2v) is 7.40. The summed E-state index contributed by atoms with van der Waals surface area (Å²) >= 11 is 12.3. The Morgan fingerprint density at radius 1 is 1.30 bits per heavy atom. The molecule has 2 aliphatic rings. The zero-order chi connectivity index (χ0) is 15.7. The Morgan fingerprint density at radius 2 is 1.96 bits per heavy atom. The van der Waals surface area contributed by atoms with E-state index in [0.29, 0.717) is 34.5 Å². The maximum Gasteiger partial charge on any atom is 0.220 e. The zero-order valence-corrected chi connectivity index (χ0v) is 15.5. The van der Waals surface area contributed by atoms with Gasteiger partial charge >= 0.3 is 0 Å². The molecular weight excluding hydrogens is 355 g/mol. The molecule has 3 nitrogen and oxygen atoms in total. The molecule has 2 N–H and O–H groups in total. The van der Waals surface area contributed by atoms with Crippen molar-refractivity contribution in [3.05, 3.63) is 33.8 Å². The van der Waals surface area contributed by atoms with Gasteiger partial charge in [-0.2, -0.15) is 0 Å². The van der Waals surface area contributed by atoms with Crippen molar-refractivity contribution in [2.24, 2.45) is 5.92 Å². The topological polar surface area (TPSA) is 41.1 Å². The van der Waals surface area contributed by atoms with E-state index in [1.165, 1.54) is 12.8 Å². The predicted molar refractivity (Wildman–Crippen MR) is 97.6 cm³/mol. The Bertz CT molecular complexity index is 555. The number of rotatable bonds is 4. The molecule has 3 unspecified atom stereocenters. The van der Waals surface area contributed by atoms with Gasteiger partial charge in [0.15, 0.2) is 0 Å². The fourth-order valence-electron chi connectivity index (χ4n) is 3.84. The van der Waals surface area contributed by atoms with E-state index in [1.54, 1.807) is 6.07 Å². The number of hydrogen-bond donors (Lipinski definition) is 2. The summed E-state index contributed by atoms with van der Waals surface area (Å²) in [5.41, 5.74) is 0.868. The second-order valence-electron chi connectivity index (χ2n) is 6.61. The van der Waals surface area contributed by atoms with Gasteiger partial charge in [-0.05, 0) is 50.2 Å². The molecule has 1 aromatic carbocycles. The third-order valence-electron chi connectivity index (χ3n) is 4.87. The first-order valence-electron chi connectivity index (χ1n) is 8.02. The minimum Gasteiger partial charge on any atom is -0.350 e. The number of fused-ring (bicyclic) bond motifs is 2. The standard InChI is InChI=1S/C17H22Cl2N2O.ClH/c1-10(14-3-2-4-15(18)17(14)19)20-16(22)9-11-7-12-5-6-13(8-11)21-12;/h2-4,10-13,21H,5-9H2,1H3,(H,20,22);1H. The number of carbonyl (C=O) groups is 1. The lowest BCUT2D eigenvalue weighted by atomic mass is 9.89.